The largest absolute Gasteiger partial charge is 0.296 e. The number of hydrogen-bond acceptors (Lipinski definition) is 10. The summed E-state index contributed by atoms with van der Waals surface area (Å²) in [4.78, 5) is 53.6. The maximum absolute atomic E-state index is 13.0. The van der Waals surface area contributed by atoms with Crippen LogP contribution in [0, 0.1) is 14.5 Å². The summed E-state index contributed by atoms with van der Waals surface area (Å²) in [7, 11) is 0. The lowest BCUT2D eigenvalue weighted by Gasteiger charge is -2.31. The van der Waals surface area contributed by atoms with Crippen LogP contribution in [-0.2, 0) is 25.9 Å². The molecule has 0 saturated heterocycles. The molecule has 0 unspecified atom stereocenters. The number of nitrogens with zero attached hydrogens (tertiary/aromatic N) is 8. The molecule has 0 atom stereocenters. The normalized spacial score (nSPS) is 15.1. The quantitative estimate of drug-likeness (QED) is 0.127. The number of fused-ring (bicyclic) bond motifs is 4. The number of aromatic nitrogens is 8. The molecule has 0 amide bonds. The Morgan fingerprint density at radius 2 is 1.23 bits per heavy atom. The smallest absolute Gasteiger partial charge is 0.261 e. The molecule has 8 aromatic rings. The highest BCUT2D eigenvalue weighted by Gasteiger charge is 2.29. The lowest BCUT2D eigenvalue weighted by atomic mass is 9.85. The predicted octanol–water partition coefficient (Wildman–Crippen LogP) is 9.73. The minimum absolute atomic E-state index is 0.0626. The van der Waals surface area contributed by atoms with Crippen molar-refractivity contribution < 1.29 is 0 Å². The first-order valence-corrected chi connectivity index (χ1v) is 21.6. The van der Waals surface area contributed by atoms with E-state index in [2.05, 4.69) is 70.2 Å². The van der Waals surface area contributed by atoms with Crippen molar-refractivity contribution in [2.45, 2.75) is 66.5 Å². The van der Waals surface area contributed by atoms with Gasteiger partial charge in [-0.05, 0) is 94.8 Å². The fourth-order valence-corrected chi connectivity index (χ4v) is 9.06. The molecule has 6 aromatic heterocycles. The Morgan fingerprint density at radius 1 is 0.649 bits per heavy atom. The van der Waals surface area contributed by atoms with Gasteiger partial charge in [-0.2, -0.15) is 0 Å². The first kappa shape index (κ1) is 38.9. The summed E-state index contributed by atoms with van der Waals surface area (Å²) in [6.45, 7) is 10.3. The van der Waals surface area contributed by atoms with Gasteiger partial charge in [0, 0.05) is 67.2 Å². The van der Waals surface area contributed by atoms with E-state index in [-0.39, 0.29) is 21.9 Å². The highest BCUT2D eigenvalue weighted by Crippen LogP contribution is 2.34. The van der Waals surface area contributed by atoms with Crippen molar-refractivity contribution >= 4 is 67.1 Å². The zero-order chi connectivity index (χ0) is 39.7. The summed E-state index contributed by atoms with van der Waals surface area (Å²) in [6.07, 6.45) is 11.0. The number of rotatable bonds is 3. The molecule has 0 bridgehead atoms. The van der Waals surface area contributed by atoms with Crippen LogP contribution >= 0.6 is 45.3 Å². The molecule has 288 valence electrons. The molecular weight excluding hydrogens is 864 g/mol. The van der Waals surface area contributed by atoms with Crippen LogP contribution in [0.1, 0.15) is 52.2 Å². The number of hydrogen-bond donors (Lipinski definition) is 0. The van der Waals surface area contributed by atoms with Gasteiger partial charge in [0.05, 0.1) is 32.4 Å². The van der Waals surface area contributed by atoms with Crippen LogP contribution in [0.4, 0.5) is 0 Å². The van der Waals surface area contributed by atoms with Gasteiger partial charge in [-0.1, -0.05) is 52.0 Å². The maximum Gasteiger partial charge on any atom is 0.261 e. The molecule has 0 fully saturated rings. The summed E-state index contributed by atoms with van der Waals surface area (Å²) in [6, 6.07) is 23.4. The van der Waals surface area contributed by atoms with E-state index in [1.165, 1.54) is 0 Å². The highest BCUT2D eigenvalue weighted by atomic mass is 127. The van der Waals surface area contributed by atoms with E-state index < -0.39 is 0 Å². The Kier molecular flexibility index (Phi) is 11.0. The number of halogens is 1. The van der Waals surface area contributed by atoms with Crippen LogP contribution in [-0.4, -0.2) is 39.0 Å². The van der Waals surface area contributed by atoms with Crippen LogP contribution in [0.2, 0.25) is 0 Å². The number of aryl methyl sites for hydroxylation is 2. The Balaban J connectivity index is 0.000000139. The van der Waals surface area contributed by atoms with Crippen molar-refractivity contribution in [3.8, 4) is 31.7 Å². The van der Waals surface area contributed by atoms with Gasteiger partial charge in [0.1, 0.15) is 25.4 Å². The van der Waals surface area contributed by atoms with Gasteiger partial charge in [0.25, 0.3) is 11.1 Å². The fraction of sp³-hybridized carbons (Fsp3) is 0.273. The SMILES string of the molecule is CC1(C)CCc2nc3cc(-c4ncc(-c5ccccn5)s4)ccc3c(=O)n2C1.CC1(C)CCc2nc3cc(-c4nccs4)ccc3c(=O)n2C1.Ic1ccccn1. The first-order valence-electron chi connectivity index (χ1n) is 18.8. The molecule has 0 spiro atoms. The average Bonchev–Trinajstić information content (AvgIpc) is 3.94. The van der Waals surface area contributed by atoms with Gasteiger partial charge in [0.15, 0.2) is 0 Å². The van der Waals surface area contributed by atoms with E-state index in [1.807, 2.05) is 93.5 Å². The number of thiazole rings is 2. The summed E-state index contributed by atoms with van der Waals surface area (Å²) < 4.78 is 4.75. The molecule has 0 radical (unpaired) electrons. The van der Waals surface area contributed by atoms with E-state index in [0.717, 1.165) is 96.9 Å². The maximum atomic E-state index is 13.0. The minimum atomic E-state index is 0.0626. The molecular formula is C44H41IN8O2S2. The average molecular weight is 905 g/mol. The Morgan fingerprint density at radius 3 is 1.72 bits per heavy atom. The fourth-order valence-electron chi connectivity index (χ4n) is 7.16. The van der Waals surface area contributed by atoms with Gasteiger partial charge >= 0.3 is 0 Å². The molecule has 10 nitrogen and oxygen atoms in total. The summed E-state index contributed by atoms with van der Waals surface area (Å²) in [5.74, 6) is 1.80. The topological polar surface area (TPSA) is 121 Å². The van der Waals surface area contributed by atoms with Gasteiger partial charge in [0.2, 0.25) is 0 Å². The second-order valence-corrected chi connectivity index (χ2v) is 18.9. The van der Waals surface area contributed by atoms with Crippen LogP contribution in [0.3, 0.4) is 0 Å². The predicted molar refractivity (Wildman–Crippen MR) is 239 cm³/mol. The third-order valence-corrected chi connectivity index (χ3v) is 12.8. The standard InChI is InChI=1S/C22H20N4OS.C17H17N3OS.C5H4IN/c1-22(2)9-8-19-25-17-11-14(6-7-15(17)21(27)26(19)13-22)20-24-12-18(28-20)16-5-3-4-10-23-16;1-17(2)6-5-14-19-13-9-11(15-18-7-8-22-15)3-4-12(13)16(21)20(14)10-17;6-5-3-1-2-4-7-5/h3-7,10-12H,8-9,13H2,1-2H3;3-4,7-9H,5-6,10H2,1-2H3;1-4H. The van der Waals surface area contributed by atoms with Gasteiger partial charge < -0.3 is 0 Å². The number of pyridine rings is 2. The van der Waals surface area contributed by atoms with E-state index in [4.69, 9.17) is 9.97 Å². The van der Waals surface area contributed by atoms with Crippen molar-refractivity contribution in [3.05, 3.63) is 139 Å². The van der Waals surface area contributed by atoms with E-state index >= 15 is 0 Å². The van der Waals surface area contributed by atoms with Crippen LogP contribution in [0.25, 0.3) is 53.5 Å². The molecule has 13 heteroatoms. The summed E-state index contributed by atoms with van der Waals surface area (Å²) >= 11 is 5.36. The number of benzene rings is 2. The summed E-state index contributed by atoms with van der Waals surface area (Å²) in [5, 5.41) is 5.19. The zero-order valence-electron chi connectivity index (χ0n) is 32.1. The molecule has 0 aliphatic carbocycles. The van der Waals surface area contributed by atoms with Gasteiger partial charge in [-0.25, -0.2) is 19.9 Å². The monoisotopic (exact) mass is 904 g/mol. The van der Waals surface area contributed by atoms with Crippen LogP contribution in [0.5, 0.6) is 0 Å². The Labute approximate surface area is 352 Å². The third kappa shape index (κ3) is 8.65. The molecule has 57 heavy (non-hydrogen) atoms. The minimum Gasteiger partial charge on any atom is -0.296 e. The molecule has 0 saturated carbocycles. The van der Waals surface area contributed by atoms with Crippen molar-refractivity contribution in [1.82, 2.24) is 39.0 Å². The second-order valence-electron chi connectivity index (χ2n) is 15.9. The first-order chi connectivity index (χ1) is 27.4. The molecule has 0 N–H and O–H groups in total. The second kappa shape index (κ2) is 16.1. The lowest BCUT2D eigenvalue weighted by Crippen LogP contribution is -2.36. The van der Waals surface area contributed by atoms with Crippen molar-refractivity contribution in [1.29, 1.82) is 0 Å². The molecule has 8 heterocycles. The molecule has 2 aliphatic rings. The van der Waals surface area contributed by atoms with Gasteiger partial charge in [-0.3, -0.25) is 28.7 Å². The third-order valence-electron chi connectivity index (χ3n) is 10.3. The zero-order valence-corrected chi connectivity index (χ0v) is 35.9. The van der Waals surface area contributed by atoms with Crippen molar-refractivity contribution in [3.63, 3.8) is 0 Å². The molecule has 2 aromatic carbocycles. The van der Waals surface area contributed by atoms with Crippen LogP contribution < -0.4 is 11.1 Å². The van der Waals surface area contributed by atoms with E-state index in [9.17, 15) is 9.59 Å². The molecule has 2 aliphatic heterocycles. The van der Waals surface area contributed by atoms with E-state index in [0.29, 0.717) is 10.8 Å². The van der Waals surface area contributed by atoms with Crippen molar-refractivity contribution in [2.75, 3.05) is 0 Å². The van der Waals surface area contributed by atoms with Gasteiger partial charge in [-0.15, -0.1) is 22.7 Å². The van der Waals surface area contributed by atoms with Crippen molar-refractivity contribution in [2.24, 2.45) is 10.8 Å². The summed E-state index contributed by atoms with van der Waals surface area (Å²) in [5.41, 5.74) is 4.89. The Bertz CT molecular complexity index is 2820. The van der Waals surface area contributed by atoms with E-state index in [1.54, 1.807) is 41.3 Å². The molecule has 10 rings (SSSR count). The Hall–Kier alpha value is -4.99. The van der Waals surface area contributed by atoms with Crippen LogP contribution in [0.15, 0.2) is 113 Å². The lowest BCUT2D eigenvalue weighted by molar-refractivity contribution is 0.240. The highest BCUT2D eigenvalue weighted by molar-refractivity contribution is 14.1.